The number of piperidine rings is 1. The third kappa shape index (κ3) is 1.34. The first kappa shape index (κ1) is 10.5. The molecule has 2 aliphatic rings. The van der Waals surface area contributed by atoms with Crippen molar-refractivity contribution in [2.24, 2.45) is 5.41 Å². The molecule has 2 fully saturated rings. The second kappa shape index (κ2) is 3.22. The van der Waals surface area contributed by atoms with Crippen molar-refractivity contribution in [3.05, 3.63) is 0 Å². The zero-order valence-electron chi connectivity index (χ0n) is 9.62. The lowest BCUT2D eigenvalue weighted by atomic mass is 9.77. The van der Waals surface area contributed by atoms with Crippen LogP contribution in [0, 0.1) is 5.41 Å². The Morgan fingerprint density at radius 2 is 2.07 bits per heavy atom. The van der Waals surface area contributed by atoms with Gasteiger partial charge in [-0.15, -0.1) is 0 Å². The first-order chi connectivity index (χ1) is 6.99. The topological polar surface area (TPSA) is 40.6 Å². The molecule has 0 aromatic heterocycles. The zero-order chi connectivity index (χ0) is 11.2. The number of carbonyl (C=O) groups is 2. The summed E-state index contributed by atoms with van der Waals surface area (Å²) in [6.45, 7) is 7.22. The minimum Gasteiger partial charge on any atom is -0.312 e. The molecule has 1 atom stereocenters. The Hall–Kier alpha value is -1.06. The average molecular weight is 210 g/mol. The van der Waals surface area contributed by atoms with Crippen LogP contribution in [-0.2, 0) is 4.79 Å². The van der Waals surface area contributed by atoms with Crippen molar-refractivity contribution in [1.82, 2.24) is 9.80 Å². The number of nitrogens with zero attached hydrogens (tertiary/aromatic N) is 2. The van der Waals surface area contributed by atoms with Crippen LogP contribution in [0.25, 0.3) is 0 Å². The lowest BCUT2D eigenvalue weighted by Crippen LogP contribution is -2.49. The molecule has 0 saturated carbocycles. The number of likely N-dealkylation sites (N-methyl/N-ethyl adjacent to an activating group) is 1. The molecular weight excluding hydrogens is 192 g/mol. The highest BCUT2D eigenvalue weighted by molar-refractivity contribution is 6.04. The lowest BCUT2D eigenvalue weighted by molar-refractivity contribution is -0.132. The molecule has 0 bridgehead atoms. The van der Waals surface area contributed by atoms with Gasteiger partial charge in [0.1, 0.15) is 6.04 Å². The highest BCUT2D eigenvalue weighted by Crippen LogP contribution is 2.39. The minimum atomic E-state index is -0.223. The summed E-state index contributed by atoms with van der Waals surface area (Å²) in [5.74, 6) is -0.00722. The molecule has 2 aliphatic heterocycles. The zero-order valence-corrected chi connectivity index (χ0v) is 9.62. The fourth-order valence-electron chi connectivity index (χ4n) is 2.75. The fraction of sp³-hybridized carbons (Fsp3) is 0.818. The number of fused-ring (bicyclic) bond motifs is 1. The summed E-state index contributed by atoms with van der Waals surface area (Å²) in [6.07, 6.45) is 2.02. The van der Waals surface area contributed by atoms with Crippen LogP contribution in [0.3, 0.4) is 0 Å². The van der Waals surface area contributed by atoms with Crippen LogP contribution >= 0.6 is 0 Å². The molecule has 2 heterocycles. The Morgan fingerprint density at radius 3 is 2.60 bits per heavy atom. The molecule has 0 aromatic rings. The van der Waals surface area contributed by atoms with Gasteiger partial charge in [0.15, 0.2) is 0 Å². The van der Waals surface area contributed by atoms with Crippen LogP contribution in [0.1, 0.15) is 33.6 Å². The normalized spacial score (nSPS) is 29.7. The van der Waals surface area contributed by atoms with Gasteiger partial charge in [-0.25, -0.2) is 4.79 Å². The van der Waals surface area contributed by atoms with Crippen molar-refractivity contribution in [1.29, 1.82) is 0 Å². The van der Waals surface area contributed by atoms with E-state index in [0.29, 0.717) is 6.54 Å². The number of hydrogen-bond donors (Lipinski definition) is 0. The second-order valence-electron chi connectivity index (χ2n) is 5.05. The summed E-state index contributed by atoms with van der Waals surface area (Å²) in [4.78, 5) is 27.1. The third-order valence-corrected chi connectivity index (χ3v) is 3.56. The van der Waals surface area contributed by atoms with Gasteiger partial charge in [0.05, 0.1) is 0 Å². The SMILES string of the molecule is CCN1C(=O)C2N(CCCC2(C)C)C1=O. The number of urea groups is 1. The van der Waals surface area contributed by atoms with E-state index in [4.69, 9.17) is 0 Å². The predicted octanol–water partition coefficient (Wildman–Crippen LogP) is 1.46. The van der Waals surface area contributed by atoms with Gasteiger partial charge in [-0.05, 0) is 25.2 Å². The van der Waals surface area contributed by atoms with E-state index in [1.54, 1.807) is 4.90 Å². The molecule has 2 rings (SSSR count). The monoisotopic (exact) mass is 210 g/mol. The summed E-state index contributed by atoms with van der Waals surface area (Å²) in [5.41, 5.74) is -0.0745. The van der Waals surface area contributed by atoms with E-state index in [0.717, 1.165) is 19.4 Å². The lowest BCUT2D eigenvalue weighted by Gasteiger charge is -2.39. The molecule has 0 aromatic carbocycles. The van der Waals surface area contributed by atoms with Crippen LogP contribution in [0.2, 0.25) is 0 Å². The average Bonchev–Trinajstić information content (AvgIpc) is 2.39. The maximum atomic E-state index is 12.1. The van der Waals surface area contributed by atoms with Gasteiger partial charge < -0.3 is 4.90 Å². The Labute approximate surface area is 90.2 Å². The van der Waals surface area contributed by atoms with Crippen LogP contribution in [0.5, 0.6) is 0 Å². The Bertz CT molecular complexity index is 312. The third-order valence-electron chi connectivity index (χ3n) is 3.56. The largest absolute Gasteiger partial charge is 0.327 e. The van der Waals surface area contributed by atoms with Crippen LogP contribution in [0.15, 0.2) is 0 Å². The number of hydrogen-bond acceptors (Lipinski definition) is 2. The van der Waals surface area contributed by atoms with Crippen molar-refractivity contribution in [3.8, 4) is 0 Å². The van der Waals surface area contributed by atoms with Crippen molar-refractivity contribution in [3.63, 3.8) is 0 Å². The van der Waals surface area contributed by atoms with Gasteiger partial charge in [-0.2, -0.15) is 0 Å². The van der Waals surface area contributed by atoms with E-state index < -0.39 is 0 Å². The molecule has 0 spiro atoms. The van der Waals surface area contributed by atoms with Gasteiger partial charge in [-0.1, -0.05) is 13.8 Å². The van der Waals surface area contributed by atoms with Gasteiger partial charge in [0, 0.05) is 13.1 Å². The predicted molar refractivity (Wildman–Crippen MR) is 56.3 cm³/mol. The molecule has 15 heavy (non-hydrogen) atoms. The highest BCUT2D eigenvalue weighted by Gasteiger charge is 2.52. The van der Waals surface area contributed by atoms with Crippen molar-refractivity contribution >= 4 is 11.9 Å². The molecule has 1 unspecified atom stereocenters. The summed E-state index contributed by atoms with van der Waals surface area (Å²) in [7, 11) is 0. The molecular formula is C11H18N2O2. The quantitative estimate of drug-likeness (QED) is 0.615. The van der Waals surface area contributed by atoms with E-state index >= 15 is 0 Å². The number of imide groups is 1. The van der Waals surface area contributed by atoms with Gasteiger partial charge in [0.2, 0.25) is 0 Å². The Morgan fingerprint density at radius 1 is 1.40 bits per heavy atom. The van der Waals surface area contributed by atoms with E-state index in [1.165, 1.54) is 4.90 Å². The molecule has 84 valence electrons. The van der Waals surface area contributed by atoms with E-state index in [9.17, 15) is 9.59 Å². The molecule has 0 radical (unpaired) electrons. The van der Waals surface area contributed by atoms with Gasteiger partial charge >= 0.3 is 6.03 Å². The summed E-state index contributed by atoms with van der Waals surface area (Å²) < 4.78 is 0. The maximum Gasteiger partial charge on any atom is 0.327 e. The summed E-state index contributed by atoms with van der Waals surface area (Å²) in [6, 6.07) is -0.320. The van der Waals surface area contributed by atoms with Crippen molar-refractivity contribution < 1.29 is 9.59 Å². The Kier molecular flexibility index (Phi) is 2.24. The van der Waals surface area contributed by atoms with E-state index in [-0.39, 0.29) is 23.4 Å². The van der Waals surface area contributed by atoms with Crippen molar-refractivity contribution in [2.45, 2.75) is 39.7 Å². The summed E-state index contributed by atoms with van der Waals surface area (Å²) in [5, 5.41) is 0. The minimum absolute atomic E-state index is 0.00722. The first-order valence-corrected chi connectivity index (χ1v) is 5.61. The number of amides is 3. The van der Waals surface area contributed by atoms with E-state index in [2.05, 4.69) is 13.8 Å². The first-order valence-electron chi connectivity index (χ1n) is 5.61. The number of carbonyl (C=O) groups excluding carboxylic acids is 2. The molecule has 4 heteroatoms. The number of rotatable bonds is 1. The second-order valence-corrected chi connectivity index (χ2v) is 5.05. The Balaban J connectivity index is 2.35. The van der Waals surface area contributed by atoms with Crippen LogP contribution in [-0.4, -0.2) is 40.9 Å². The van der Waals surface area contributed by atoms with Gasteiger partial charge in [-0.3, -0.25) is 9.69 Å². The molecule has 2 saturated heterocycles. The molecule has 0 aliphatic carbocycles. The summed E-state index contributed by atoms with van der Waals surface area (Å²) >= 11 is 0. The molecule has 4 nitrogen and oxygen atoms in total. The smallest absolute Gasteiger partial charge is 0.312 e. The van der Waals surface area contributed by atoms with Crippen LogP contribution in [0.4, 0.5) is 4.79 Å². The molecule has 3 amide bonds. The molecule has 0 N–H and O–H groups in total. The highest BCUT2D eigenvalue weighted by atomic mass is 16.2. The van der Waals surface area contributed by atoms with E-state index in [1.807, 2.05) is 6.92 Å². The standard InChI is InChI=1S/C11H18N2O2/c1-4-12-9(14)8-11(2,3)6-5-7-13(8)10(12)15/h8H,4-7H2,1-3H3. The fourth-order valence-corrected chi connectivity index (χ4v) is 2.75. The van der Waals surface area contributed by atoms with Gasteiger partial charge in [0.25, 0.3) is 5.91 Å². The van der Waals surface area contributed by atoms with Crippen LogP contribution < -0.4 is 0 Å². The maximum absolute atomic E-state index is 12.1. The van der Waals surface area contributed by atoms with Crippen molar-refractivity contribution in [2.75, 3.05) is 13.1 Å².